The third kappa shape index (κ3) is 4.02. The summed E-state index contributed by atoms with van der Waals surface area (Å²) in [5.74, 6) is 0.555. The van der Waals surface area contributed by atoms with Crippen LogP contribution in [0.2, 0.25) is 0 Å². The molecular weight excluding hydrogens is 320 g/mol. The van der Waals surface area contributed by atoms with Crippen molar-refractivity contribution in [2.45, 2.75) is 32.8 Å². The lowest BCUT2D eigenvalue weighted by atomic mass is 9.96. The van der Waals surface area contributed by atoms with E-state index in [2.05, 4.69) is 11.9 Å². The van der Waals surface area contributed by atoms with E-state index in [-0.39, 0.29) is 12.0 Å². The minimum atomic E-state index is 0.168. The second kappa shape index (κ2) is 7.90. The molecule has 1 aliphatic heterocycles. The molecule has 4 nitrogen and oxygen atoms in total. The van der Waals surface area contributed by atoms with Gasteiger partial charge in [0.1, 0.15) is 5.01 Å². The first-order valence-electron chi connectivity index (χ1n) is 8.56. The van der Waals surface area contributed by atoms with Gasteiger partial charge in [-0.3, -0.25) is 4.79 Å². The van der Waals surface area contributed by atoms with Gasteiger partial charge in [-0.05, 0) is 19.3 Å². The number of carbonyl (C=O) groups excluding carboxylic acids is 1. The first-order valence-corrected chi connectivity index (χ1v) is 9.44. The minimum absolute atomic E-state index is 0.168. The second-order valence-corrected chi connectivity index (χ2v) is 7.14. The van der Waals surface area contributed by atoms with Gasteiger partial charge in [-0.2, -0.15) is 0 Å². The lowest BCUT2D eigenvalue weighted by molar-refractivity contribution is -0.135. The van der Waals surface area contributed by atoms with Crippen LogP contribution in [0.3, 0.4) is 0 Å². The van der Waals surface area contributed by atoms with E-state index in [9.17, 15) is 4.79 Å². The molecule has 0 unspecified atom stereocenters. The molecule has 3 rings (SSSR count). The van der Waals surface area contributed by atoms with Crippen molar-refractivity contribution in [2.75, 3.05) is 19.7 Å². The number of rotatable bonds is 5. The van der Waals surface area contributed by atoms with Crippen molar-refractivity contribution in [1.82, 2.24) is 9.88 Å². The zero-order valence-corrected chi connectivity index (χ0v) is 15.1. The standard InChI is InChI=1S/C19H24N2O2S/c1-3-23-17-9-10-21(12-14(17)2)18(22)11-16-13-24-19(20-16)15-7-5-4-6-8-15/h4-8,13-14,17H,3,9-12H2,1-2H3/t14-,17-/m1/s1. The highest BCUT2D eigenvalue weighted by Crippen LogP contribution is 2.24. The Morgan fingerprint density at radius 2 is 2.17 bits per heavy atom. The molecule has 0 aliphatic carbocycles. The van der Waals surface area contributed by atoms with Crippen molar-refractivity contribution in [1.29, 1.82) is 0 Å². The molecule has 0 bridgehead atoms. The van der Waals surface area contributed by atoms with Crippen LogP contribution in [0.25, 0.3) is 10.6 Å². The molecule has 128 valence electrons. The van der Waals surface area contributed by atoms with Crippen LogP contribution in [-0.2, 0) is 16.0 Å². The highest BCUT2D eigenvalue weighted by molar-refractivity contribution is 7.13. The van der Waals surface area contributed by atoms with Crippen LogP contribution < -0.4 is 0 Å². The number of likely N-dealkylation sites (tertiary alicyclic amines) is 1. The number of nitrogens with zero attached hydrogens (tertiary/aromatic N) is 2. The summed E-state index contributed by atoms with van der Waals surface area (Å²) < 4.78 is 5.75. The number of thiazole rings is 1. The van der Waals surface area contributed by atoms with Gasteiger partial charge >= 0.3 is 0 Å². The van der Waals surface area contributed by atoms with Crippen LogP contribution in [0.4, 0.5) is 0 Å². The Balaban J connectivity index is 1.59. The maximum absolute atomic E-state index is 12.6. The van der Waals surface area contributed by atoms with Crippen molar-refractivity contribution in [3.63, 3.8) is 0 Å². The fourth-order valence-corrected chi connectivity index (χ4v) is 4.01. The van der Waals surface area contributed by atoms with Crippen molar-refractivity contribution in [2.24, 2.45) is 5.92 Å². The van der Waals surface area contributed by atoms with E-state index in [1.807, 2.05) is 47.5 Å². The van der Waals surface area contributed by atoms with E-state index in [0.717, 1.165) is 42.4 Å². The Hall–Kier alpha value is -1.72. The Bertz CT molecular complexity index is 671. The molecule has 5 heteroatoms. The number of amides is 1. The van der Waals surface area contributed by atoms with Gasteiger partial charge in [-0.15, -0.1) is 11.3 Å². The summed E-state index contributed by atoms with van der Waals surface area (Å²) >= 11 is 1.60. The molecule has 1 amide bonds. The molecule has 1 aliphatic rings. The topological polar surface area (TPSA) is 42.4 Å². The average Bonchev–Trinajstić information content (AvgIpc) is 3.06. The van der Waals surface area contributed by atoms with E-state index in [0.29, 0.717) is 12.3 Å². The van der Waals surface area contributed by atoms with Crippen LogP contribution in [0.5, 0.6) is 0 Å². The Labute approximate surface area is 147 Å². The SMILES string of the molecule is CCO[C@@H]1CCN(C(=O)Cc2csc(-c3ccccc3)n2)C[C@H]1C. The summed E-state index contributed by atoms with van der Waals surface area (Å²) in [5, 5.41) is 2.97. The van der Waals surface area contributed by atoms with Gasteiger partial charge < -0.3 is 9.64 Å². The second-order valence-electron chi connectivity index (χ2n) is 6.29. The number of ether oxygens (including phenoxy) is 1. The first-order chi connectivity index (χ1) is 11.7. The maximum Gasteiger partial charge on any atom is 0.228 e. The van der Waals surface area contributed by atoms with Crippen molar-refractivity contribution < 1.29 is 9.53 Å². The van der Waals surface area contributed by atoms with Crippen molar-refractivity contribution >= 4 is 17.2 Å². The van der Waals surface area contributed by atoms with E-state index in [4.69, 9.17) is 4.74 Å². The van der Waals surface area contributed by atoms with Crippen LogP contribution in [-0.4, -0.2) is 41.6 Å². The number of carbonyl (C=O) groups is 1. The predicted octanol–water partition coefficient (Wildman–Crippen LogP) is 3.63. The molecule has 0 spiro atoms. The molecule has 2 heterocycles. The molecule has 1 aromatic heterocycles. The summed E-state index contributed by atoms with van der Waals surface area (Å²) in [6.45, 7) is 6.49. The zero-order valence-electron chi connectivity index (χ0n) is 14.3. The quantitative estimate of drug-likeness (QED) is 0.832. The number of benzene rings is 1. The summed E-state index contributed by atoms with van der Waals surface area (Å²) in [6.07, 6.45) is 1.59. The lowest BCUT2D eigenvalue weighted by Crippen LogP contribution is -2.46. The molecular formula is C19H24N2O2S. The van der Waals surface area contributed by atoms with Crippen LogP contribution >= 0.6 is 11.3 Å². The van der Waals surface area contributed by atoms with E-state index < -0.39 is 0 Å². The molecule has 0 radical (unpaired) electrons. The predicted molar refractivity (Wildman–Crippen MR) is 97.0 cm³/mol. The normalized spacial score (nSPS) is 21.0. The number of hydrogen-bond donors (Lipinski definition) is 0. The monoisotopic (exact) mass is 344 g/mol. The number of piperidine rings is 1. The number of hydrogen-bond acceptors (Lipinski definition) is 4. The summed E-state index contributed by atoms with van der Waals surface area (Å²) in [7, 11) is 0. The fourth-order valence-electron chi connectivity index (χ4n) is 3.18. The molecule has 1 saturated heterocycles. The molecule has 1 aromatic carbocycles. The van der Waals surface area contributed by atoms with Crippen molar-refractivity contribution in [3.8, 4) is 10.6 Å². The molecule has 2 atom stereocenters. The highest BCUT2D eigenvalue weighted by atomic mass is 32.1. The van der Waals surface area contributed by atoms with Gasteiger partial charge in [0, 0.05) is 30.6 Å². The number of aromatic nitrogens is 1. The molecule has 0 N–H and O–H groups in total. The zero-order chi connectivity index (χ0) is 16.9. The van der Waals surface area contributed by atoms with Gasteiger partial charge in [0.15, 0.2) is 0 Å². The summed E-state index contributed by atoms with van der Waals surface area (Å²) in [5.41, 5.74) is 1.97. The van der Waals surface area contributed by atoms with Crippen LogP contribution in [0, 0.1) is 5.92 Å². The Kier molecular flexibility index (Phi) is 5.63. The van der Waals surface area contributed by atoms with Gasteiger partial charge in [0.05, 0.1) is 18.2 Å². The largest absolute Gasteiger partial charge is 0.378 e. The smallest absolute Gasteiger partial charge is 0.228 e. The molecule has 1 fully saturated rings. The van der Waals surface area contributed by atoms with E-state index >= 15 is 0 Å². The van der Waals surface area contributed by atoms with Gasteiger partial charge in [-0.25, -0.2) is 4.98 Å². The van der Waals surface area contributed by atoms with Gasteiger partial charge in [-0.1, -0.05) is 37.3 Å². The third-order valence-corrected chi connectivity index (χ3v) is 5.41. The van der Waals surface area contributed by atoms with Crippen LogP contribution in [0.15, 0.2) is 35.7 Å². The van der Waals surface area contributed by atoms with Gasteiger partial charge in [0.25, 0.3) is 0 Å². The Morgan fingerprint density at radius 1 is 1.38 bits per heavy atom. The molecule has 0 saturated carbocycles. The lowest BCUT2D eigenvalue weighted by Gasteiger charge is -2.36. The van der Waals surface area contributed by atoms with Crippen LogP contribution in [0.1, 0.15) is 26.0 Å². The van der Waals surface area contributed by atoms with Gasteiger partial charge in [0.2, 0.25) is 5.91 Å². The molecule has 24 heavy (non-hydrogen) atoms. The third-order valence-electron chi connectivity index (χ3n) is 4.46. The highest BCUT2D eigenvalue weighted by Gasteiger charge is 2.29. The van der Waals surface area contributed by atoms with E-state index in [1.54, 1.807) is 11.3 Å². The van der Waals surface area contributed by atoms with E-state index in [1.165, 1.54) is 0 Å². The summed E-state index contributed by atoms with van der Waals surface area (Å²) in [6, 6.07) is 10.1. The van der Waals surface area contributed by atoms with Crippen molar-refractivity contribution in [3.05, 3.63) is 41.4 Å². The minimum Gasteiger partial charge on any atom is -0.378 e. The fraction of sp³-hybridized carbons (Fsp3) is 0.474. The average molecular weight is 344 g/mol. The first kappa shape index (κ1) is 17.1. The summed E-state index contributed by atoms with van der Waals surface area (Å²) in [4.78, 5) is 19.2. The Morgan fingerprint density at radius 3 is 2.88 bits per heavy atom. The molecule has 2 aromatic rings. The maximum atomic E-state index is 12.6.